The van der Waals surface area contributed by atoms with Gasteiger partial charge in [-0.1, -0.05) is 12.1 Å². The molecule has 0 spiro atoms. The fraction of sp³-hybridized carbons (Fsp3) is 0.611. The molecule has 1 unspecified atom stereocenters. The van der Waals surface area contributed by atoms with Gasteiger partial charge in [0.25, 0.3) is 0 Å². The quantitative estimate of drug-likeness (QED) is 0.763. The van der Waals surface area contributed by atoms with E-state index in [1.807, 2.05) is 24.3 Å². The zero-order valence-corrected chi connectivity index (χ0v) is 14.4. The van der Waals surface area contributed by atoms with Crippen LogP contribution in [0, 0.1) is 0 Å². The van der Waals surface area contributed by atoms with Crippen molar-refractivity contribution in [3.63, 3.8) is 0 Å². The van der Waals surface area contributed by atoms with E-state index >= 15 is 0 Å². The van der Waals surface area contributed by atoms with Gasteiger partial charge in [0, 0.05) is 25.0 Å². The van der Waals surface area contributed by atoms with Crippen LogP contribution in [-0.2, 0) is 9.53 Å². The SMILES string of the molecule is CN1CCC(Nc2ccccc2NC(=O)CC2COCCN2)CC1. The van der Waals surface area contributed by atoms with E-state index < -0.39 is 0 Å². The number of hydrogen-bond acceptors (Lipinski definition) is 5. The average Bonchev–Trinajstić information content (AvgIpc) is 2.59. The van der Waals surface area contributed by atoms with Gasteiger partial charge in [-0.05, 0) is 45.1 Å². The van der Waals surface area contributed by atoms with Crippen molar-refractivity contribution in [2.45, 2.75) is 31.3 Å². The van der Waals surface area contributed by atoms with Gasteiger partial charge in [-0.25, -0.2) is 0 Å². The molecule has 2 aliphatic heterocycles. The van der Waals surface area contributed by atoms with Crippen molar-refractivity contribution in [3.8, 4) is 0 Å². The number of amides is 1. The third kappa shape index (κ3) is 4.93. The van der Waals surface area contributed by atoms with E-state index in [1.165, 1.54) is 0 Å². The summed E-state index contributed by atoms with van der Waals surface area (Å²) in [7, 11) is 2.16. The molecule has 0 aromatic heterocycles. The maximum atomic E-state index is 12.3. The lowest BCUT2D eigenvalue weighted by molar-refractivity contribution is -0.117. The van der Waals surface area contributed by atoms with E-state index in [0.29, 0.717) is 19.1 Å². The molecule has 0 saturated carbocycles. The van der Waals surface area contributed by atoms with Crippen LogP contribution in [-0.4, -0.2) is 62.8 Å². The van der Waals surface area contributed by atoms with Crippen LogP contribution in [0.15, 0.2) is 24.3 Å². The van der Waals surface area contributed by atoms with Crippen molar-refractivity contribution in [1.29, 1.82) is 0 Å². The number of para-hydroxylation sites is 2. The number of carbonyl (C=O) groups excluding carboxylic acids is 1. The Hall–Kier alpha value is -1.63. The summed E-state index contributed by atoms with van der Waals surface area (Å²) in [5.74, 6) is 0.0237. The van der Waals surface area contributed by atoms with Crippen LogP contribution in [0.25, 0.3) is 0 Å². The molecule has 24 heavy (non-hydrogen) atoms. The average molecular weight is 332 g/mol. The van der Waals surface area contributed by atoms with E-state index in [-0.39, 0.29) is 11.9 Å². The molecule has 3 rings (SSSR count). The van der Waals surface area contributed by atoms with Crippen LogP contribution in [0.3, 0.4) is 0 Å². The number of rotatable bonds is 5. The summed E-state index contributed by atoms with van der Waals surface area (Å²) in [4.78, 5) is 14.7. The summed E-state index contributed by atoms with van der Waals surface area (Å²) in [6, 6.07) is 8.52. The van der Waals surface area contributed by atoms with Gasteiger partial charge in [0.15, 0.2) is 0 Å². The summed E-state index contributed by atoms with van der Waals surface area (Å²) in [6.45, 7) is 4.36. The Morgan fingerprint density at radius 3 is 2.75 bits per heavy atom. The van der Waals surface area contributed by atoms with Crippen molar-refractivity contribution >= 4 is 17.3 Å². The van der Waals surface area contributed by atoms with Gasteiger partial charge >= 0.3 is 0 Å². The molecule has 1 aromatic carbocycles. The van der Waals surface area contributed by atoms with E-state index in [9.17, 15) is 4.79 Å². The first-order chi connectivity index (χ1) is 11.7. The maximum absolute atomic E-state index is 12.3. The lowest BCUT2D eigenvalue weighted by atomic mass is 10.0. The van der Waals surface area contributed by atoms with Crippen molar-refractivity contribution in [1.82, 2.24) is 10.2 Å². The largest absolute Gasteiger partial charge is 0.381 e. The highest BCUT2D eigenvalue weighted by Crippen LogP contribution is 2.24. The highest BCUT2D eigenvalue weighted by molar-refractivity contribution is 5.94. The molecule has 2 fully saturated rings. The molecule has 2 saturated heterocycles. The molecule has 132 valence electrons. The summed E-state index contributed by atoms with van der Waals surface area (Å²) >= 11 is 0. The van der Waals surface area contributed by atoms with Gasteiger partial charge in [-0.15, -0.1) is 0 Å². The Labute approximate surface area is 143 Å². The van der Waals surface area contributed by atoms with Gasteiger partial charge in [-0.3, -0.25) is 4.79 Å². The Balaban J connectivity index is 1.56. The molecular formula is C18H28N4O2. The Bertz CT molecular complexity index is 538. The fourth-order valence-corrected chi connectivity index (χ4v) is 3.27. The minimum absolute atomic E-state index is 0.0237. The fourth-order valence-electron chi connectivity index (χ4n) is 3.27. The normalized spacial score (nSPS) is 23.0. The number of hydrogen-bond donors (Lipinski definition) is 3. The number of morpholine rings is 1. The second kappa shape index (κ2) is 8.46. The maximum Gasteiger partial charge on any atom is 0.226 e. The van der Waals surface area contributed by atoms with Crippen LogP contribution >= 0.6 is 0 Å². The number of benzene rings is 1. The molecule has 2 heterocycles. The molecule has 0 bridgehead atoms. The predicted molar refractivity (Wildman–Crippen MR) is 96.4 cm³/mol. The molecule has 0 radical (unpaired) electrons. The Kier molecular flexibility index (Phi) is 6.07. The van der Waals surface area contributed by atoms with Crippen molar-refractivity contribution in [3.05, 3.63) is 24.3 Å². The van der Waals surface area contributed by atoms with Crippen LogP contribution in [0.4, 0.5) is 11.4 Å². The lowest BCUT2D eigenvalue weighted by Crippen LogP contribution is -2.43. The number of anilines is 2. The second-order valence-electron chi connectivity index (χ2n) is 6.75. The molecule has 1 atom stereocenters. The molecular weight excluding hydrogens is 304 g/mol. The second-order valence-corrected chi connectivity index (χ2v) is 6.75. The summed E-state index contributed by atoms with van der Waals surface area (Å²) in [6.07, 6.45) is 2.69. The molecule has 1 amide bonds. The smallest absolute Gasteiger partial charge is 0.226 e. The summed E-state index contributed by atoms with van der Waals surface area (Å²) in [5.41, 5.74) is 1.87. The van der Waals surface area contributed by atoms with E-state index in [1.54, 1.807) is 0 Å². The monoisotopic (exact) mass is 332 g/mol. The Morgan fingerprint density at radius 2 is 2.04 bits per heavy atom. The molecule has 3 N–H and O–H groups in total. The third-order valence-corrected chi connectivity index (χ3v) is 4.71. The molecule has 1 aromatic rings. The van der Waals surface area contributed by atoms with Gasteiger partial charge in [0.05, 0.1) is 24.6 Å². The lowest BCUT2D eigenvalue weighted by Gasteiger charge is -2.30. The first-order valence-corrected chi connectivity index (χ1v) is 8.86. The molecule has 2 aliphatic rings. The number of likely N-dealkylation sites (tertiary alicyclic amines) is 1. The number of nitrogens with one attached hydrogen (secondary N) is 3. The summed E-state index contributed by atoms with van der Waals surface area (Å²) in [5, 5.41) is 9.96. The molecule has 0 aliphatic carbocycles. The van der Waals surface area contributed by atoms with Crippen molar-refractivity contribution < 1.29 is 9.53 Å². The van der Waals surface area contributed by atoms with E-state index in [2.05, 4.69) is 27.9 Å². The third-order valence-electron chi connectivity index (χ3n) is 4.71. The Morgan fingerprint density at radius 1 is 1.29 bits per heavy atom. The minimum atomic E-state index is 0.0237. The number of ether oxygens (including phenoxy) is 1. The highest BCUT2D eigenvalue weighted by atomic mass is 16.5. The number of piperidine rings is 1. The van der Waals surface area contributed by atoms with Gasteiger partial charge < -0.3 is 25.6 Å². The van der Waals surface area contributed by atoms with Gasteiger partial charge in [0.2, 0.25) is 5.91 Å². The molecule has 6 heteroatoms. The number of carbonyl (C=O) groups is 1. The zero-order chi connectivity index (χ0) is 16.8. The van der Waals surface area contributed by atoms with Gasteiger partial charge in [0.1, 0.15) is 0 Å². The minimum Gasteiger partial charge on any atom is -0.381 e. The molecule has 6 nitrogen and oxygen atoms in total. The van der Waals surface area contributed by atoms with Crippen molar-refractivity contribution in [2.75, 3.05) is 50.5 Å². The standard InChI is InChI=1S/C18H28N4O2/c1-22-9-6-14(7-10-22)20-16-4-2-3-5-17(16)21-18(23)12-15-13-24-11-8-19-15/h2-5,14-15,19-20H,6-13H2,1H3,(H,21,23). The first-order valence-electron chi connectivity index (χ1n) is 8.86. The van der Waals surface area contributed by atoms with Crippen LogP contribution in [0.2, 0.25) is 0 Å². The van der Waals surface area contributed by atoms with Crippen LogP contribution in [0.1, 0.15) is 19.3 Å². The highest BCUT2D eigenvalue weighted by Gasteiger charge is 2.19. The van der Waals surface area contributed by atoms with Crippen molar-refractivity contribution in [2.24, 2.45) is 0 Å². The van der Waals surface area contributed by atoms with Crippen LogP contribution < -0.4 is 16.0 Å². The van der Waals surface area contributed by atoms with Gasteiger partial charge in [-0.2, -0.15) is 0 Å². The summed E-state index contributed by atoms with van der Waals surface area (Å²) < 4.78 is 5.41. The van der Waals surface area contributed by atoms with E-state index in [4.69, 9.17) is 4.74 Å². The number of nitrogens with zero attached hydrogens (tertiary/aromatic N) is 1. The predicted octanol–water partition coefficient (Wildman–Crippen LogP) is 1.51. The first kappa shape index (κ1) is 17.2. The van der Waals surface area contributed by atoms with E-state index in [0.717, 1.165) is 50.5 Å². The zero-order valence-electron chi connectivity index (χ0n) is 14.4. The van der Waals surface area contributed by atoms with Crippen LogP contribution in [0.5, 0.6) is 0 Å². The topological polar surface area (TPSA) is 65.6 Å².